The van der Waals surface area contributed by atoms with Crippen LogP contribution in [0, 0.1) is 0 Å². The molecule has 1 heterocycles. The summed E-state index contributed by atoms with van der Waals surface area (Å²) in [7, 11) is 0. The molecule has 7 nitrogen and oxygen atoms in total. The molecule has 0 saturated carbocycles. The second kappa shape index (κ2) is 6.93. The predicted molar refractivity (Wildman–Crippen MR) is 74.0 cm³/mol. The van der Waals surface area contributed by atoms with E-state index in [-0.39, 0.29) is 12.3 Å². The molecule has 20 heavy (non-hydrogen) atoms. The zero-order valence-corrected chi connectivity index (χ0v) is 12.2. The number of alkyl carbamates (subject to hydrolysis) is 1. The van der Waals surface area contributed by atoms with E-state index in [0.29, 0.717) is 19.5 Å². The van der Waals surface area contributed by atoms with E-state index < -0.39 is 11.7 Å². The van der Waals surface area contributed by atoms with Crippen molar-refractivity contribution < 1.29 is 14.3 Å². The van der Waals surface area contributed by atoms with Gasteiger partial charge in [-0.1, -0.05) is 0 Å². The van der Waals surface area contributed by atoms with Gasteiger partial charge in [0.2, 0.25) is 5.91 Å². The molecule has 0 fully saturated rings. The van der Waals surface area contributed by atoms with Crippen molar-refractivity contribution >= 4 is 12.0 Å². The molecule has 0 radical (unpaired) electrons. The smallest absolute Gasteiger partial charge is 0.407 e. The highest BCUT2D eigenvalue weighted by Crippen LogP contribution is 2.06. The quantitative estimate of drug-likeness (QED) is 0.807. The van der Waals surface area contributed by atoms with Crippen molar-refractivity contribution in [2.24, 2.45) is 5.73 Å². The molecule has 112 valence electrons. The number of nitrogens with one attached hydrogen (secondary N) is 1. The third-order valence-electron chi connectivity index (χ3n) is 2.45. The Morgan fingerprint density at radius 3 is 2.75 bits per heavy atom. The lowest BCUT2D eigenvalue weighted by molar-refractivity contribution is -0.118. The summed E-state index contributed by atoms with van der Waals surface area (Å²) < 4.78 is 6.98. The molecule has 0 aliphatic rings. The van der Waals surface area contributed by atoms with Gasteiger partial charge in [0.25, 0.3) is 0 Å². The fraction of sp³-hybridized carbons (Fsp3) is 0.615. The van der Waals surface area contributed by atoms with Crippen molar-refractivity contribution in [3.63, 3.8) is 0 Å². The number of imidazole rings is 1. The number of amides is 2. The molecule has 1 aromatic rings. The molecule has 0 aliphatic carbocycles. The Labute approximate surface area is 118 Å². The highest BCUT2D eigenvalue weighted by Gasteiger charge is 2.15. The number of primary amides is 1. The number of aromatic nitrogens is 2. The molecular formula is C13H22N4O3. The van der Waals surface area contributed by atoms with Gasteiger partial charge >= 0.3 is 6.09 Å². The second-order valence-electron chi connectivity index (χ2n) is 5.47. The Bertz CT molecular complexity index is 462. The molecule has 0 saturated heterocycles. The van der Waals surface area contributed by atoms with E-state index in [1.54, 1.807) is 12.5 Å². The number of nitrogens with two attached hydrogens (primary N) is 1. The van der Waals surface area contributed by atoms with Crippen LogP contribution in [0.2, 0.25) is 0 Å². The van der Waals surface area contributed by atoms with Crippen LogP contribution in [0.25, 0.3) is 0 Å². The average molecular weight is 282 g/mol. The van der Waals surface area contributed by atoms with Crippen molar-refractivity contribution in [2.45, 2.75) is 45.8 Å². The number of carbonyl (C=O) groups is 2. The van der Waals surface area contributed by atoms with Crippen LogP contribution < -0.4 is 11.1 Å². The number of rotatable bonds is 6. The minimum atomic E-state index is -0.507. The molecule has 3 N–H and O–H groups in total. The molecule has 1 rings (SSSR count). The van der Waals surface area contributed by atoms with Gasteiger partial charge in [-0.15, -0.1) is 0 Å². The van der Waals surface area contributed by atoms with E-state index >= 15 is 0 Å². The maximum absolute atomic E-state index is 11.5. The van der Waals surface area contributed by atoms with Crippen LogP contribution in [0.1, 0.15) is 32.9 Å². The van der Waals surface area contributed by atoms with Crippen molar-refractivity contribution in [1.82, 2.24) is 14.9 Å². The largest absolute Gasteiger partial charge is 0.444 e. The van der Waals surface area contributed by atoms with Crippen LogP contribution in [0.4, 0.5) is 4.79 Å². The third-order valence-corrected chi connectivity index (χ3v) is 2.45. The first-order valence-corrected chi connectivity index (χ1v) is 6.52. The van der Waals surface area contributed by atoms with E-state index in [0.717, 1.165) is 5.69 Å². The molecule has 0 spiro atoms. The number of carbonyl (C=O) groups excluding carboxylic acids is 2. The first-order chi connectivity index (χ1) is 9.28. The van der Waals surface area contributed by atoms with E-state index in [9.17, 15) is 9.59 Å². The molecule has 2 amide bonds. The summed E-state index contributed by atoms with van der Waals surface area (Å²) in [6.07, 6.45) is 3.78. The van der Waals surface area contributed by atoms with Gasteiger partial charge in [0.15, 0.2) is 0 Å². The average Bonchev–Trinajstić information content (AvgIpc) is 2.71. The molecular weight excluding hydrogens is 260 g/mol. The van der Waals surface area contributed by atoms with Crippen LogP contribution in [-0.4, -0.2) is 33.7 Å². The van der Waals surface area contributed by atoms with E-state index in [1.807, 2.05) is 25.3 Å². The third kappa shape index (κ3) is 6.21. The van der Waals surface area contributed by atoms with Gasteiger partial charge in [0, 0.05) is 37.8 Å². The van der Waals surface area contributed by atoms with Crippen LogP contribution in [0.3, 0.4) is 0 Å². The zero-order chi connectivity index (χ0) is 15.2. The van der Waals surface area contributed by atoms with Crippen molar-refractivity contribution in [2.75, 3.05) is 6.54 Å². The number of aryl methyl sites for hydroxylation is 1. The first kappa shape index (κ1) is 16.0. The standard InChI is InChI=1S/C13H22N4O3/c1-13(2,3)20-12(19)16-6-4-10-8-15-9-17(10)7-5-11(14)18/h8-9H,4-7H2,1-3H3,(H2,14,18)(H,16,19). The summed E-state index contributed by atoms with van der Waals surface area (Å²) in [6, 6.07) is 0. The van der Waals surface area contributed by atoms with Gasteiger partial charge in [-0.05, 0) is 20.8 Å². The zero-order valence-electron chi connectivity index (χ0n) is 12.2. The molecule has 0 atom stereocenters. The Balaban J connectivity index is 2.37. The Kier molecular flexibility index (Phi) is 5.54. The Hall–Kier alpha value is -2.05. The summed E-state index contributed by atoms with van der Waals surface area (Å²) in [5.74, 6) is -0.350. The summed E-state index contributed by atoms with van der Waals surface area (Å²) in [5.41, 5.74) is 5.54. The molecule has 0 bridgehead atoms. The van der Waals surface area contributed by atoms with Gasteiger partial charge in [0.05, 0.1) is 6.33 Å². The van der Waals surface area contributed by atoms with Gasteiger partial charge < -0.3 is 20.4 Å². The van der Waals surface area contributed by atoms with Gasteiger partial charge in [0.1, 0.15) is 5.60 Å². The van der Waals surface area contributed by atoms with Crippen LogP contribution in [-0.2, 0) is 22.5 Å². The molecule has 0 unspecified atom stereocenters. The molecule has 0 aromatic carbocycles. The number of ether oxygens (including phenoxy) is 1. The molecule has 0 aliphatic heterocycles. The van der Waals surface area contributed by atoms with E-state index in [4.69, 9.17) is 10.5 Å². The number of hydrogen-bond donors (Lipinski definition) is 2. The Morgan fingerprint density at radius 1 is 1.45 bits per heavy atom. The van der Waals surface area contributed by atoms with Gasteiger partial charge in [-0.25, -0.2) is 9.78 Å². The summed E-state index contributed by atoms with van der Waals surface area (Å²) in [5, 5.41) is 2.68. The lowest BCUT2D eigenvalue weighted by Gasteiger charge is -2.19. The SMILES string of the molecule is CC(C)(C)OC(=O)NCCc1cncn1CCC(N)=O. The van der Waals surface area contributed by atoms with Crippen molar-refractivity contribution in [3.05, 3.63) is 18.2 Å². The summed E-state index contributed by atoms with van der Waals surface area (Å²) >= 11 is 0. The normalized spacial score (nSPS) is 11.2. The summed E-state index contributed by atoms with van der Waals surface area (Å²) in [4.78, 5) is 26.3. The Morgan fingerprint density at radius 2 is 2.15 bits per heavy atom. The lowest BCUT2D eigenvalue weighted by atomic mass is 10.2. The minimum Gasteiger partial charge on any atom is -0.444 e. The topological polar surface area (TPSA) is 99.2 Å². The van der Waals surface area contributed by atoms with Crippen LogP contribution in [0.5, 0.6) is 0 Å². The maximum Gasteiger partial charge on any atom is 0.407 e. The second-order valence-corrected chi connectivity index (χ2v) is 5.47. The molecule has 1 aromatic heterocycles. The van der Waals surface area contributed by atoms with E-state index in [2.05, 4.69) is 10.3 Å². The highest BCUT2D eigenvalue weighted by atomic mass is 16.6. The predicted octanol–water partition coefficient (Wildman–Crippen LogP) is 0.826. The summed E-state index contributed by atoms with van der Waals surface area (Å²) in [6.45, 7) is 6.37. The maximum atomic E-state index is 11.5. The van der Waals surface area contributed by atoms with Crippen LogP contribution in [0.15, 0.2) is 12.5 Å². The highest BCUT2D eigenvalue weighted by molar-refractivity contribution is 5.73. The monoisotopic (exact) mass is 282 g/mol. The number of hydrogen-bond acceptors (Lipinski definition) is 4. The fourth-order valence-corrected chi connectivity index (χ4v) is 1.60. The van der Waals surface area contributed by atoms with Crippen LogP contribution >= 0.6 is 0 Å². The molecule has 7 heteroatoms. The van der Waals surface area contributed by atoms with Gasteiger partial charge in [-0.2, -0.15) is 0 Å². The van der Waals surface area contributed by atoms with Crippen molar-refractivity contribution in [3.8, 4) is 0 Å². The van der Waals surface area contributed by atoms with E-state index in [1.165, 1.54) is 0 Å². The first-order valence-electron chi connectivity index (χ1n) is 6.52. The lowest BCUT2D eigenvalue weighted by Crippen LogP contribution is -2.33. The van der Waals surface area contributed by atoms with Crippen molar-refractivity contribution in [1.29, 1.82) is 0 Å². The fourth-order valence-electron chi connectivity index (χ4n) is 1.60. The number of nitrogens with zero attached hydrogens (tertiary/aromatic N) is 2. The van der Waals surface area contributed by atoms with Gasteiger partial charge in [-0.3, -0.25) is 4.79 Å². The minimum absolute atomic E-state index is 0.267.